The first-order chi connectivity index (χ1) is 16.5. The number of hydrogen-bond acceptors (Lipinski definition) is 7. The minimum atomic E-state index is -0.446. The molecule has 8 nitrogen and oxygen atoms in total. The van der Waals surface area contributed by atoms with Crippen molar-refractivity contribution in [2.24, 2.45) is 4.99 Å². The van der Waals surface area contributed by atoms with Crippen LogP contribution in [0.2, 0.25) is 0 Å². The lowest BCUT2D eigenvalue weighted by Gasteiger charge is -2.11. The van der Waals surface area contributed by atoms with Crippen LogP contribution in [0, 0.1) is 17.0 Å². The van der Waals surface area contributed by atoms with Gasteiger partial charge in [-0.3, -0.25) is 10.1 Å². The van der Waals surface area contributed by atoms with Gasteiger partial charge in [-0.2, -0.15) is 0 Å². The number of nitro benzene ring substituents is 1. The zero-order valence-electron chi connectivity index (χ0n) is 17.8. The molecule has 3 aromatic carbocycles. The normalized spacial score (nSPS) is 12.2. The molecule has 8 heteroatoms. The zero-order valence-corrected chi connectivity index (χ0v) is 17.8. The van der Waals surface area contributed by atoms with Crippen LogP contribution in [0.4, 0.5) is 11.4 Å². The van der Waals surface area contributed by atoms with E-state index < -0.39 is 10.5 Å². The van der Waals surface area contributed by atoms with E-state index in [-0.39, 0.29) is 5.69 Å². The summed E-state index contributed by atoms with van der Waals surface area (Å²) in [6, 6.07) is 20.6. The van der Waals surface area contributed by atoms with Crippen molar-refractivity contribution in [1.82, 2.24) is 4.98 Å². The van der Waals surface area contributed by atoms with Crippen molar-refractivity contribution >= 4 is 44.2 Å². The smallest absolute Gasteiger partial charge is 0.336 e. The Balaban J connectivity index is 1.68. The van der Waals surface area contributed by atoms with Gasteiger partial charge in [0.1, 0.15) is 11.2 Å². The molecule has 1 aliphatic carbocycles. The first-order valence-corrected chi connectivity index (χ1v) is 10.5. The van der Waals surface area contributed by atoms with E-state index in [9.17, 15) is 14.9 Å². The van der Waals surface area contributed by atoms with E-state index in [1.165, 1.54) is 18.2 Å². The van der Waals surface area contributed by atoms with Gasteiger partial charge in [0.25, 0.3) is 5.69 Å². The lowest BCUT2D eigenvalue weighted by molar-refractivity contribution is -0.384. The van der Waals surface area contributed by atoms with Gasteiger partial charge in [-0.25, -0.2) is 14.8 Å². The summed E-state index contributed by atoms with van der Waals surface area (Å²) in [6.45, 7) is 1.85. The van der Waals surface area contributed by atoms with E-state index in [1.807, 2.05) is 37.3 Å². The third-order valence-electron chi connectivity index (χ3n) is 5.77. The molecule has 0 atom stereocenters. The fraction of sp³-hybridized carbons (Fsp3) is 0.0385. The van der Waals surface area contributed by atoms with Gasteiger partial charge in [-0.1, -0.05) is 24.3 Å². The number of aromatic nitrogens is 1. The van der Waals surface area contributed by atoms with E-state index in [1.54, 1.807) is 24.3 Å². The summed E-state index contributed by atoms with van der Waals surface area (Å²) in [5.41, 5.74) is 2.88. The molecule has 4 aromatic rings. The number of benzene rings is 4. The van der Waals surface area contributed by atoms with Gasteiger partial charge in [0, 0.05) is 40.4 Å². The van der Waals surface area contributed by atoms with Crippen molar-refractivity contribution in [2.75, 3.05) is 0 Å². The summed E-state index contributed by atoms with van der Waals surface area (Å²) in [4.78, 5) is 32.1. The second-order valence-corrected chi connectivity index (χ2v) is 7.92. The Morgan fingerprint density at radius 3 is 2.44 bits per heavy atom. The Morgan fingerprint density at radius 2 is 1.68 bits per heavy atom. The maximum atomic E-state index is 12.0. The summed E-state index contributed by atoms with van der Waals surface area (Å²) >= 11 is 0. The maximum Gasteiger partial charge on any atom is 0.336 e. The summed E-state index contributed by atoms with van der Waals surface area (Å²) in [5.74, 6) is 0.515. The Bertz CT molecular complexity index is 1870. The number of nitro groups is 1. The predicted molar refractivity (Wildman–Crippen MR) is 127 cm³/mol. The van der Waals surface area contributed by atoms with Crippen LogP contribution in [-0.4, -0.2) is 9.91 Å². The van der Waals surface area contributed by atoms with Crippen LogP contribution in [0.1, 0.15) is 5.56 Å². The molecule has 0 unspecified atom stereocenters. The second-order valence-electron chi connectivity index (χ2n) is 7.92. The third-order valence-corrected chi connectivity index (χ3v) is 5.77. The molecule has 0 bridgehead atoms. The van der Waals surface area contributed by atoms with Crippen molar-refractivity contribution in [3.8, 4) is 11.5 Å². The molecule has 2 heterocycles. The number of non-ortho nitro benzene ring substituents is 1. The van der Waals surface area contributed by atoms with Gasteiger partial charge < -0.3 is 8.83 Å². The highest BCUT2D eigenvalue weighted by atomic mass is 16.6. The highest BCUT2D eigenvalue weighted by Gasteiger charge is 2.18. The topological polar surface area (TPSA) is 112 Å². The fourth-order valence-electron chi connectivity index (χ4n) is 4.16. The van der Waals surface area contributed by atoms with Crippen molar-refractivity contribution < 1.29 is 13.8 Å². The number of fused-ring (bicyclic) bond motifs is 6. The van der Waals surface area contributed by atoms with Crippen molar-refractivity contribution in [3.05, 3.63) is 104 Å². The van der Waals surface area contributed by atoms with E-state index >= 15 is 0 Å². The van der Waals surface area contributed by atoms with Crippen LogP contribution in [-0.2, 0) is 0 Å². The molecule has 1 aromatic heterocycles. The molecule has 0 fully saturated rings. The van der Waals surface area contributed by atoms with Crippen LogP contribution in [0.15, 0.2) is 91.4 Å². The van der Waals surface area contributed by atoms with E-state index in [2.05, 4.69) is 0 Å². The van der Waals surface area contributed by atoms with Gasteiger partial charge in [-0.15, -0.1) is 0 Å². The van der Waals surface area contributed by atoms with E-state index in [0.29, 0.717) is 39.2 Å². The molecule has 0 saturated heterocycles. The molecule has 164 valence electrons. The molecule has 0 amide bonds. The SMILES string of the molecule is Cc1cc(=O)oc2c1ccc1oc3cc(=Nc4ccc([N+](=O)[O-])cc4)c4ccccc4c-3nc12. The first-order valence-electron chi connectivity index (χ1n) is 10.5. The number of aryl methyl sites for hydroxylation is 1. The Labute approximate surface area is 190 Å². The monoisotopic (exact) mass is 449 g/mol. The molecule has 2 aliphatic rings. The van der Waals surface area contributed by atoms with Crippen LogP contribution in [0.3, 0.4) is 0 Å². The average Bonchev–Trinajstić information content (AvgIpc) is 2.83. The van der Waals surface area contributed by atoms with Crippen molar-refractivity contribution in [3.63, 3.8) is 0 Å². The minimum Gasteiger partial charge on any atom is -0.453 e. The van der Waals surface area contributed by atoms with Gasteiger partial charge in [0.05, 0.1) is 16.0 Å². The summed E-state index contributed by atoms with van der Waals surface area (Å²) in [6.07, 6.45) is 0. The van der Waals surface area contributed by atoms with Gasteiger partial charge >= 0.3 is 5.63 Å². The Morgan fingerprint density at radius 1 is 0.912 bits per heavy atom. The number of nitrogens with zero attached hydrogens (tertiary/aromatic N) is 3. The standard InChI is InChI=1S/C26H15N3O5/c1-14-12-23(30)34-26-17(14)10-11-21-25(26)28-24-19-5-3-2-4-18(19)20(13-22(24)33-21)27-15-6-8-16(9-7-15)29(31)32/h2-13H,1H3. The second kappa shape index (κ2) is 7.35. The number of hydrogen-bond donors (Lipinski definition) is 0. The molecular weight excluding hydrogens is 434 g/mol. The summed E-state index contributed by atoms with van der Waals surface area (Å²) in [5, 5.41) is 14.0. The molecule has 1 aliphatic heterocycles. The van der Waals surface area contributed by atoms with Crippen LogP contribution < -0.4 is 11.0 Å². The third kappa shape index (κ3) is 3.12. The minimum absolute atomic E-state index is 0.00195. The quantitative estimate of drug-likeness (QED) is 0.111. The molecule has 0 radical (unpaired) electrons. The van der Waals surface area contributed by atoms with Gasteiger partial charge in [0.2, 0.25) is 0 Å². The largest absolute Gasteiger partial charge is 0.453 e. The molecule has 6 rings (SSSR count). The molecule has 34 heavy (non-hydrogen) atoms. The first kappa shape index (κ1) is 19.8. The lowest BCUT2D eigenvalue weighted by Crippen LogP contribution is -2.06. The van der Waals surface area contributed by atoms with Gasteiger partial charge in [-0.05, 0) is 36.8 Å². The Hall–Kier alpha value is -4.85. The van der Waals surface area contributed by atoms with E-state index in [0.717, 1.165) is 21.7 Å². The fourth-order valence-corrected chi connectivity index (χ4v) is 4.16. The number of rotatable bonds is 2. The maximum absolute atomic E-state index is 12.0. The highest BCUT2D eigenvalue weighted by Crippen LogP contribution is 2.33. The summed E-state index contributed by atoms with van der Waals surface area (Å²) < 4.78 is 11.7. The van der Waals surface area contributed by atoms with Crippen molar-refractivity contribution in [2.45, 2.75) is 6.92 Å². The van der Waals surface area contributed by atoms with Gasteiger partial charge in [0.15, 0.2) is 16.9 Å². The van der Waals surface area contributed by atoms with E-state index in [4.69, 9.17) is 18.8 Å². The van der Waals surface area contributed by atoms with Crippen molar-refractivity contribution in [1.29, 1.82) is 0 Å². The molecule has 0 N–H and O–H groups in total. The molecule has 0 spiro atoms. The molecule has 0 saturated carbocycles. The van der Waals surface area contributed by atoms with Crippen LogP contribution in [0.5, 0.6) is 0 Å². The van der Waals surface area contributed by atoms with Crippen LogP contribution in [0.25, 0.3) is 44.3 Å². The lowest BCUT2D eigenvalue weighted by atomic mass is 10.0. The zero-order chi connectivity index (χ0) is 23.4. The highest BCUT2D eigenvalue weighted by molar-refractivity contribution is 6.03. The summed E-state index contributed by atoms with van der Waals surface area (Å²) in [7, 11) is 0. The Kier molecular flexibility index (Phi) is 4.28. The molecular formula is C26H15N3O5. The van der Waals surface area contributed by atoms with Crippen LogP contribution >= 0.6 is 0 Å². The average molecular weight is 449 g/mol. The predicted octanol–water partition coefficient (Wildman–Crippen LogP) is 5.64.